The Morgan fingerprint density at radius 2 is 1.88 bits per heavy atom. The van der Waals surface area contributed by atoms with Gasteiger partial charge in [0, 0.05) is 27.4 Å². The molecule has 2 aromatic carbocycles. The molecule has 4 rings (SSSR count). The normalized spacial score (nSPS) is 11.2. The number of fused-ring (bicyclic) bond motifs is 2. The van der Waals surface area contributed by atoms with Crippen molar-refractivity contribution in [2.24, 2.45) is 0 Å². The SMILES string of the molecule is Cc1cc(=O)oc2cc(OCc3cc4cc(Br)ccc4o3)ccc12. The Morgan fingerprint density at radius 1 is 1.00 bits per heavy atom. The first-order valence-electron chi connectivity index (χ1n) is 7.44. The number of halogens is 1. The lowest BCUT2D eigenvalue weighted by atomic mass is 10.1. The van der Waals surface area contributed by atoms with Gasteiger partial charge in [0.25, 0.3) is 0 Å². The molecule has 4 nitrogen and oxygen atoms in total. The van der Waals surface area contributed by atoms with Crippen molar-refractivity contribution in [3.8, 4) is 5.75 Å². The average molecular weight is 385 g/mol. The van der Waals surface area contributed by atoms with Gasteiger partial charge < -0.3 is 13.6 Å². The molecule has 4 aromatic rings. The van der Waals surface area contributed by atoms with Crippen LogP contribution in [0.3, 0.4) is 0 Å². The summed E-state index contributed by atoms with van der Waals surface area (Å²) in [6.45, 7) is 2.18. The highest BCUT2D eigenvalue weighted by Gasteiger charge is 2.07. The van der Waals surface area contributed by atoms with Crippen molar-refractivity contribution in [2.75, 3.05) is 0 Å². The second-order valence-electron chi connectivity index (χ2n) is 5.59. The first-order chi connectivity index (χ1) is 11.6. The van der Waals surface area contributed by atoms with E-state index < -0.39 is 0 Å². The molecule has 0 unspecified atom stereocenters. The third-order valence-electron chi connectivity index (χ3n) is 3.83. The lowest BCUT2D eigenvalue weighted by Crippen LogP contribution is -1.98. The second-order valence-corrected chi connectivity index (χ2v) is 6.51. The molecule has 120 valence electrons. The van der Waals surface area contributed by atoms with E-state index in [4.69, 9.17) is 13.6 Å². The highest BCUT2D eigenvalue weighted by atomic mass is 79.9. The Bertz CT molecular complexity index is 1110. The maximum Gasteiger partial charge on any atom is 0.336 e. The van der Waals surface area contributed by atoms with Gasteiger partial charge in [-0.2, -0.15) is 0 Å². The van der Waals surface area contributed by atoms with Crippen LogP contribution in [0.25, 0.3) is 21.9 Å². The van der Waals surface area contributed by atoms with Gasteiger partial charge in [-0.05, 0) is 48.9 Å². The van der Waals surface area contributed by atoms with Crippen molar-refractivity contribution in [3.05, 3.63) is 74.7 Å². The van der Waals surface area contributed by atoms with E-state index in [1.54, 1.807) is 6.07 Å². The Kier molecular flexibility index (Phi) is 3.65. The van der Waals surface area contributed by atoms with E-state index in [9.17, 15) is 4.79 Å². The van der Waals surface area contributed by atoms with Crippen LogP contribution < -0.4 is 10.4 Å². The minimum absolute atomic E-state index is 0.299. The molecule has 2 aromatic heterocycles. The molecule has 5 heteroatoms. The fraction of sp³-hybridized carbons (Fsp3) is 0.105. The van der Waals surface area contributed by atoms with Crippen LogP contribution in [-0.4, -0.2) is 0 Å². The molecule has 2 heterocycles. The summed E-state index contributed by atoms with van der Waals surface area (Å²) in [6.07, 6.45) is 0. The van der Waals surface area contributed by atoms with Crippen LogP contribution in [0.1, 0.15) is 11.3 Å². The molecule has 0 amide bonds. The maximum atomic E-state index is 11.5. The first kappa shape index (κ1) is 15.0. The Hall–Kier alpha value is -2.53. The van der Waals surface area contributed by atoms with Crippen LogP contribution >= 0.6 is 15.9 Å². The summed E-state index contributed by atoms with van der Waals surface area (Å²) in [7, 11) is 0. The zero-order valence-electron chi connectivity index (χ0n) is 12.8. The maximum absolute atomic E-state index is 11.5. The average Bonchev–Trinajstić information content (AvgIpc) is 2.94. The van der Waals surface area contributed by atoms with Crippen molar-refractivity contribution >= 4 is 37.9 Å². The molecule has 0 atom stereocenters. The van der Waals surface area contributed by atoms with Gasteiger partial charge in [0.15, 0.2) is 0 Å². The molecule has 0 radical (unpaired) electrons. The molecule has 0 aliphatic heterocycles. The van der Waals surface area contributed by atoms with Crippen molar-refractivity contribution in [1.82, 2.24) is 0 Å². The number of benzene rings is 2. The minimum Gasteiger partial charge on any atom is -0.486 e. The summed E-state index contributed by atoms with van der Waals surface area (Å²) < 4.78 is 17.8. The topological polar surface area (TPSA) is 52.6 Å². The fourth-order valence-corrected chi connectivity index (χ4v) is 3.07. The molecule has 0 saturated carbocycles. The Morgan fingerprint density at radius 3 is 2.75 bits per heavy atom. The molecule has 0 N–H and O–H groups in total. The fourth-order valence-electron chi connectivity index (χ4n) is 2.69. The summed E-state index contributed by atoms with van der Waals surface area (Å²) in [6, 6.07) is 14.7. The predicted octanol–water partition coefficient (Wildman–Crippen LogP) is 5.19. The minimum atomic E-state index is -0.361. The number of rotatable bonds is 3. The second kappa shape index (κ2) is 5.83. The van der Waals surface area contributed by atoms with E-state index in [0.29, 0.717) is 17.9 Å². The van der Waals surface area contributed by atoms with Crippen LogP contribution in [0.4, 0.5) is 0 Å². The van der Waals surface area contributed by atoms with Crippen molar-refractivity contribution in [1.29, 1.82) is 0 Å². The zero-order chi connectivity index (χ0) is 16.7. The summed E-state index contributed by atoms with van der Waals surface area (Å²) in [5, 5.41) is 1.92. The van der Waals surface area contributed by atoms with Crippen LogP contribution in [0.5, 0.6) is 5.75 Å². The van der Waals surface area contributed by atoms with Crippen molar-refractivity contribution in [2.45, 2.75) is 13.5 Å². The zero-order valence-corrected chi connectivity index (χ0v) is 14.4. The summed E-state index contributed by atoms with van der Waals surface area (Å²) in [5.41, 5.74) is 1.86. The standard InChI is InChI=1S/C19H13BrO4/c1-11-6-19(21)24-18-9-14(3-4-16(11)18)22-10-15-8-12-7-13(20)2-5-17(12)23-15/h2-9H,10H2,1H3. The van der Waals surface area contributed by atoms with Gasteiger partial charge in [-0.15, -0.1) is 0 Å². The highest BCUT2D eigenvalue weighted by molar-refractivity contribution is 9.10. The lowest BCUT2D eigenvalue weighted by molar-refractivity contribution is 0.274. The molecule has 24 heavy (non-hydrogen) atoms. The van der Waals surface area contributed by atoms with E-state index in [0.717, 1.165) is 32.2 Å². The predicted molar refractivity (Wildman–Crippen MR) is 95.5 cm³/mol. The van der Waals surface area contributed by atoms with Gasteiger partial charge in [0.1, 0.15) is 29.3 Å². The third kappa shape index (κ3) is 2.83. The van der Waals surface area contributed by atoms with Gasteiger partial charge in [0.05, 0.1) is 0 Å². The van der Waals surface area contributed by atoms with E-state index in [2.05, 4.69) is 15.9 Å². The molecule has 0 saturated heterocycles. The quantitative estimate of drug-likeness (QED) is 0.456. The molecule has 0 bridgehead atoms. The highest BCUT2D eigenvalue weighted by Crippen LogP contribution is 2.26. The van der Waals surface area contributed by atoms with E-state index in [1.807, 2.05) is 43.3 Å². The van der Waals surface area contributed by atoms with Gasteiger partial charge in [-0.1, -0.05) is 15.9 Å². The van der Waals surface area contributed by atoms with Crippen LogP contribution in [0.2, 0.25) is 0 Å². The van der Waals surface area contributed by atoms with Crippen LogP contribution in [0.15, 0.2) is 66.6 Å². The Balaban J connectivity index is 1.60. The van der Waals surface area contributed by atoms with Crippen LogP contribution in [0, 0.1) is 6.92 Å². The van der Waals surface area contributed by atoms with Crippen molar-refractivity contribution in [3.63, 3.8) is 0 Å². The summed E-state index contributed by atoms with van der Waals surface area (Å²) >= 11 is 3.44. The van der Waals surface area contributed by atoms with Gasteiger partial charge in [0.2, 0.25) is 0 Å². The smallest absolute Gasteiger partial charge is 0.336 e. The van der Waals surface area contributed by atoms with Crippen molar-refractivity contribution < 1.29 is 13.6 Å². The summed E-state index contributed by atoms with van der Waals surface area (Å²) in [5.74, 6) is 1.35. The van der Waals surface area contributed by atoms with Gasteiger partial charge in [-0.25, -0.2) is 4.79 Å². The summed E-state index contributed by atoms with van der Waals surface area (Å²) in [4.78, 5) is 11.5. The molecule has 0 aliphatic rings. The molecule has 0 fully saturated rings. The van der Waals surface area contributed by atoms with Crippen LogP contribution in [-0.2, 0) is 6.61 Å². The van der Waals surface area contributed by atoms with E-state index in [-0.39, 0.29) is 5.63 Å². The first-order valence-corrected chi connectivity index (χ1v) is 8.23. The van der Waals surface area contributed by atoms with Gasteiger partial charge in [-0.3, -0.25) is 0 Å². The number of ether oxygens (including phenoxy) is 1. The molecule has 0 aliphatic carbocycles. The number of hydrogen-bond donors (Lipinski definition) is 0. The number of furan rings is 1. The molecular weight excluding hydrogens is 372 g/mol. The largest absolute Gasteiger partial charge is 0.486 e. The molecule has 0 spiro atoms. The monoisotopic (exact) mass is 384 g/mol. The third-order valence-corrected chi connectivity index (χ3v) is 4.33. The van der Waals surface area contributed by atoms with E-state index in [1.165, 1.54) is 6.07 Å². The van der Waals surface area contributed by atoms with Gasteiger partial charge >= 0.3 is 5.63 Å². The number of hydrogen-bond acceptors (Lipinski definition) is 4. The van der Waals surface area contributed by atoms with E-state index >= 15 is 0 Å². The molecular formula is C19H13BrO4. The lowest BCUT2D eigenvalue weighted by Gasteiger charge is -2.06. The number of aryl methyl sites for hydroxylation is 1. The Labute approximate surface area is 145 Å².